The molecule has 9 aromatic rings. The molecular formula is C69H66O6. The van der Waals surface area contributed by atoms with Gasteiger partial charge in [-0.25, -0.2) is 14.4 Å². The average Bonchev–Trinajstić information content (AvgIpc) is 3.41. The number of aryl methyl sites for hydroxylation is 6. The predicted molar refractivity (Wildman–Crippen MR) is 305 cm³/mol. The SMILES string of the molecule is Cc1ccc(C(=O)Oc2ccc(-c3ccc(C)cc3)cc2)cc1.Cc1ccc(C(=O)Oc2ccc(OC(=O)c3ccc(C)cc3)c(C)c2C)cc1.Cc1ccc(Cc2ccc(Cc3ccc(C)cc3)c(C)c2C)cc1. The number of hydrogen-bond donors (Lipinski definition) is 0. The van der Waals surface area contributed by atoms with Gasteiger partial charge in [0.1, 0.15) is 17.2 Å². The van der Waals surface area contributed by atoms with Gasteiger partial charge < -0.3 is 14.2 Å². The molecule has 0 fully saturated rings. The zero-order valence-corrected chi connectivity index (χ0v) is 44.8. The van der Waals surface area contributed by atoms with Crippen molar-refractivity contribution >= 4 is 17.9 Å². The van der Waals surface area contributed by atoms with E-state index in [1.54, 1.807) is 48.5 Å². The molecule has 378 valence electrons. The maximum Gasteiger partial charge on any atom is 0.343 e. The lowest BCUT2D eigenvalue weighted by atomic mass is 9.91. The van der Waals surface area contributed by atoms with Crippen molar-refractivity contribution in [1.82, 2.24) is 0 Å². The van der Waals surface area contributed by atoms with E-state index < -0.39 is 11.9 Å². The van der Waals surface area contributed by atoms with Crippen molar-refractivity contribution in [2.24, 2.45) is 0 Å². The van der Waals surface area contributed by atoms with Crippen molar-refractivity contribution in [1.29, 1.82) is 0 Å². The first-order valence-electron chi connectivity index (χ1n) is 25.3. The summed E-state index contributed by atoms with van der Waals surface area (Å²) in [6.45, 7) is 20.4. The minimum atomic E-state index is -0.424. The molecule has 0 atom stereocenters. The molecule has 9 rings (SSSR count). The van der Waals surface area contributed by atoms with Crippen molar-refractivity contribution in [3.8, 4) is 28.4 Å². The van der Waals surface area contributed by atoms with E-state index in [1.807, 2.05) is 95.3 Å². The van der Waals surface area contributed by atoms with Gasteiger partial charge in [-0.05, 0) is 198 Å². The highest BCUT2D eigenvalue weighted by Gasteiger charge is 2.17. The third kappa shape index (κ3) is 15.2. The Hall–Kier alpha value is -8.61. The van der Waals surface area contributed by atoms with E-state index in [0.29, 0.717) is 33.9 Å². The van der Waals surface area contributed by atoms with Gasteiger partial charge in [0.05, 0.1) is 16.7 Å². The van der Waals surface area contributed by atoms with Crippen LogP contribution in [0.4, 0.5) is 0 Å². The van der Waals surface area contributed by atoms with Gasteiger partial charge in [-0.2, -0.15) is 0 Å². The van der Waals surface area contributed by atoms with Crippen molar-refractivity contribution in [3.63, 3.8) is 0 Å². The van der Waals surface area contributed by atoms with E-state index in [1.165, 1.54) is 50.1 Å². The van der Waals surface area contributed by atoms with Gasteiger partial charge in [-0.1, -0.05) is 167 Å². The molecule has 0 aliphatic rings. The van der Waals surface area contributed by atoms with Gasteiger partial charge in [0.25, 0.3) is 0 Å². The molecular weight excluding hydrogens is 925 g/mol. The van der Waals surface area contributed by atoms with Crippen LogP contribution in [0.5, 0.6) is 17.2 Å². The molecule has 0 spiro atoms. The zero-order chi connectivity index (χ0) is 53.6. The van der Waals surface area contributed by atoms with Crippen LogP contribution in [0.25, 0.3) is 11.1 Å². The van der Waals surface area contributed by atoms with Crippen molar-refractivity contribution in [2.75, 3.05) is 0 Å². The van der Waals surface area contributed by atoms with Crippen LogP contribution in [0.1, 0.15) is 109 Å². The van der Waals surface area contributed by atoms with Gasteiger partial charge >= 0.3 is 17.9 Å². The first-order chi connectivity index (χ1) is 36.0. The summed E-state index contributed by atoms with van der Waals surface area (Å²) in [5, 5.41) is 0. The van der Waals surface area contributed by atoms with Crippen LogP contribution in [0, 0.1) is 69.2 Å². The van der Waals surface area contributed by atoms with E-state index in [9.17, 15) is 14.4 Å². The maximum absolute atomic E-state index is 12.4. The molecule has 0 amide bonds. The number of hydrogen-bond acceptors (Lipinski definition) is 6. The van der Waals surface area contributed by atoms with Crippen LogP contribution in [-0.4, -0.2) is 17.9 Å². The topological polar surface area (TPSA) is 78.9 Å². The summed E-state index contributed by atoms with van der Waals surface area (Å²) < 4.78 is 16.5. The van der Waals surface area contributed by atoms with E-state index in [2.05, 4.69) is 120 Å². The smallest absolute Gasteiger partial charge is 0.343 e. The van der Waals surface area contributed by atoms with E-state index >= 15 is 0 Å². The molecule has 0 aromatic heterocycles. The van der Waals surface area contributed by atoms with Crippen LogP contribution in [0.15, 0.2) is 194 Å². The largest absolute Gasteiger partial charge is 0.423 e. The molecule has 6 heteroatoms. The first kappa shape index (κ1) is 54.2. The Morgan fingerprint density at radius 2 is 0.547 bits per heavy atom. The fraction of sp³-hybridized carbons (Fsp3) is 0.174. The van der Waals surface area contributed by atoms with Crippen molar-refractivity contribution in [2.45, 2.75) is 82.1 Å². The van der Waals surface area contributed by atoms with Crippen LogP contribution >= 0.6 is 0 Å². The molecule has 0 saturated carbocycles. The Labute approximate surface area is 443 Å². The summed E-state index contributed by atoms with van der Waals surface area (Å²) in [6, 6.07) is 63.3. The highest BCUT2D eigenvalue weighted by molar-refractivity contribution is 5.93. The molecule has 0 aliphatic carbocycles. The van der Waals surface area contributed by atoms with E-state index in [4.69, 9.17) is 14.2 Å². The Kier molecular flexibility index (Phi) is 18.3. The second-order valence-corrected chi connectivity index (χ2v) is 19.4. The summed E-state index contributed by atoms with van der Waals surface area (Å²) in [5.74, 6) is 0.245. The van der Waals surface area contributed by atoms with Crippen molar-refractivity contribution < 1.29 is 28.6 Å². The van der Waals surface area contributed by atoms with Gasteiger partial charge in [-0.15, -0.1) is 0 Å². The molecule has 0 heterocycles. The number of ether oxygens (including phenoxy) is 3. The number of esters is 3. The average molecular weight is 991 g/mol. The molecule has 9 aromatic carbocycles. The third-order valence-corrected chi connectivity index (χ3v) is 13.4. The summed E-state index contributed by atoms with van der Waals surface area (Å²) in [5.41, 5.74) is 20.9. The quantitative estimate of drug-likeness (QED) is 0.0949. The number of carbonyl (C=O) groups is 3. The van der Waals surface area contributed by atoms with E-state index in [-0.39, 0.29) is 5.97 Å². The number of rotatable bonds is 11. The molecule has 0 N–H and O–H groups in total. The Morgan fingerprint density at radius 1 is 0.280 bits per heavy atom. The van der Waals surface area contributed by atoms with Crippen molar-refractivity contribution in [3.05, 3.63) is 289 Å². The fourth-order valence-electron chi connectivity index (χ4n) is 8.17. The lowest BCUT2D eigenvalue weighted by Gasteiger charge is -2.14. The molecule has 6 nitrogen and oxygen atoms in total. The molecule has 0 radical (unpaired) electrons. The highest BCUT2D eigenvalue weighted by Crippen LogP contribution is 2.31. The number of carbonyl (C=O) groups excluding carboxylic acids is 3. The van der Waals surface area contributed by atoms with Gasteiger partial charge in [0, 0.05) is 0 Å². The maximum atomic E-state index is 12.4. The predicted octanol–water partition coefficient (Wildman–Crippen LogP) is 16.7. The molecule has 0 aliphatic heterocycles. The lowest BCUT2D eigenvalue weighted by Crippen LogP contribution is -2.12. The second kappa shape index (κ2) is 25.4. The molecule has 0 unspecified atom stereocenters. The third-order valence-electron chi connectivity index (χ3n) is 13.4. The van der Waals surface area contributed by atoms with Crippen LogP contribution in [0.3, 0.4) is 0 Å². The van der Waals surface area contributed by atoms with Gasteiger partial charge in [0.2, 0.25) is 0 Å². The van der Waals surface area contributed by atoms with Crippen LogP contribution < -0.4 is 14.2 Å². The molecule has 0 bridgehead atoms. The molecule has 0 saturated heterocycles. The van der Waals surface area contributed by atoms with Gasteiger partial charge in [-0.3, -0.25) is 0 Å². The monoisotopic (exact) mass is 990 g/mol. The van der Waals surface area contributed by atoms with E-state index in [0.717, 1.165) is 51.8 Å². The highest BCUT2D eigenvalue weighted by atomic mass is 16.5. The summed E-state index contributed by atoms with van der Waals surface area (Å²) in [7, 11) is 0. The first-order valence-corrected chi connectivity index (χ1v) is 25.3. The standard InChI is InChI=1S/C24H22O4.C24H26.C21H18O2/c1-15-5-9-19(10-6-15)23(25)27-21-13-14-22(18(4)17(21)3)28-24(26)20-11-7-16(2)8-12-20;1-17-5-9-21(10-6-17)15-23-13-14-24(20(4)19(23)3)16-22-11-7-18(2)8-12-22;1-15-3-7-17(8-4-15)18-11-13-20(14-12-18)23-21(22)19-9-5-16(2)6-10-19/h5-14H,1-4H3;5-14H,15-16H2,1-4H3;3-14H,1-2H3. The number of benzene rings is 9. The Bertz CT molecular complexity index is 3210. The lowest BCUT2D eigenvalue weighted by molar-refractivity contribution is 0.0717. The van der Waals surface area contributed by atoms with Crippen LogP contribution in [-0.2, 0) is 12.8 Å². The Balaban J connectivity index is 0.000000165. The minimum Gasteiger partial charge on any atom is -0.423 e. The summed E-state index contributed by atoms with van der Waals surface area (Å²) >= 11 is 0. The van der Waals surface area contributed by atoms with Crippen LogP contribution in [0.2, 0.25) is 0 Å². The second-order valence-electron chi connectivity index (χ2n) is 19.4. The summed E-state index contributed by atoms with van der Waals surface area (Å²) in [4.78, 5) is 36.8. The zero-order valence-electron chi connectivity index (χ0n) is 44.8. The fourth-order valence-corrected chi connectivity index (χ4v) is 8.17. The Morgan fingerprint density at radius 3 is 0.867 bits per heavy atom. The minimum absolute atomic E-state index is 0.340. The van der Waals surface area contributed by atoms with Gasteiger partial charge in [0.15, 0.2) is 0 Å². The summed E-state index contributed by atoms with van der Waals surface area (Å²) in [6.07, 6.45) is 2.02. The molecule has 75 heavy (non-hydrogen) atoms. The normalized spacial score (nSPS) is 10.5.